The molecule has 0 aliphatic heterocycles. The van der Waals surface area contributed by atoms with E-state index >= 15 is 0 Å². The summed E-state index contributed by atoms with van der Waals surface area (Å²) >= 11 is 5.45. The number of benzene rings is 2. The van der Waals surface area contributed by atoms with Crippen LogP contribution >= 0.6 is 12.2 Å². The van der Waals surface area contributed by atoms with E-state index in [-0.39, 0.29) is 6.04 Å². The van der Waals surface area contributed by atoms with E-state index in [0.717, 1.165) is 29.2 Å². The van der Waals surface area contributed by atoms with Gasteiger partial charge in [0.25, 0.3) is 0 Å². The third-order valence-electron chi connectivity index (χ3n) is 4.04. The summed E-state index contributed by atoms with van der Waals surface area (Å²) in [6, 6.07) is 14.3. The van der Waals surface area contributed by atoms with E-state index < -0.39 is 0 Å². The minimum atomic E-state index is 0.0415. The Morgan fingerprint density at radius 2 is 1.62 bits per heavy atom. The van der Waals surface area contributed by atoms with Crippen LogP contribution in [0, 0.1) is 0 Å². The predicted molar refractivity (Wildman–Crippen MR) is 112 cm³/mol. The predicted octanol–water partition coefficient (Wildman–Crippen LogP) is 5.09. The van der Waals surface area contributed by atoms with Gasteiger partial charge in [0.1, 0.15) is 0 Å². The molecule has 140 valence electrons. The first-order valence-corrected chi connectivity index (χ1v) is 9.54. The zero-order chi connectivity index (χ0) is 18.9. The van der Waals surface area contributed by atoms with Crippen LogP contribution in [0.2, 0.25) is 0 Å². The maximum atomic E-state index is 5.70. The van der Waals surface area contributed by atoms with Crippen LogP contribution in [0.5, 0.6) is 11.5 Å². The molecule has 4 nitrogen and oxygen atoms in total. The summed E-state index contributed by atoms with van der Waals surface area (Å²) in [5.41, 5.74) is 3.37. The van der Waals surface area contributed by atoms with Gasteiger partial charge in [-0.1, -0.05) is 25.1 Å². The molecule has 5 heteroatoms. The molecule has 2 aromatic rings. The van der Waals surface area contributed by atoms with E-state index in [1.807, 2.05) is 44.2 Å². The van der Waals surface area contributed by atoms with Crippen LogP contribution in [0.25, 0.3) is 0 Å². The molecular formula is C21H28N2O2S. The van der Waals surface area contributed by atoms with Crippen molar-refractivity contribution in [2.75, 3.05) is 18.5 Å². The Balaban J connectivity index is 2.02. The lowest BCUT2D eigenvalue weighted by atomic mass is 10.1. The SMILES string of the molecule is CCOc1ccc([C@H](C)NC(=S)Nc2ccc(CC)cc2)cc1OCC. The fourth-order valence-electron chi connectivity index (χ4n) is 2.61. The van der Waals surface area contributed by atoms with E-state index in [1.165, 1.54) is 5.56 Å². The van der Waals surface area contributed by atoms with Crippen molar-refractivity contribution >= 4 is 23.0 Å². The van der Waals surface area contributed by atoms with Crippen molar-refractivity contribution in [1.29, 1.82) is 0 Å². The molecule has 2 rings (SSSR count). The zero-order valence-corrected chi connectivity index (χ0v) is 16.8. The summed E-state index contributed by atoms with van der Waals surface area (Å²) in [6.45, 7) is 9.35. The van der Waals surface area contributed by atoms with Crippen molar-refractivity contribution in [1.82, 2.24) is 5.32 Å². The van der Waals surface area contributed by atoms with Crippen LogP contribution in [0.15, 0.2) is 42.5 Å². The second kappa shape index (κ2) is 10.0. The summed E-state index contributed by atoms with van der Waals surface area (Å²) in [5, 5.41) is 7.14. The molecule has 0 spiro atoms. The minimum Gasteiger partial charge on any atom is -0.490 e. The Hall–Kier alpha value is -2.27. The maximum Gasteiger partial charge on any atom is 0.171 e. The van der Waals surface area contributed by atoms with Crippen LogP contribution in [0.3, 0.4) is 0 Å². The molecule has 0 amide bonds. The van der Waals surface area contributed by atoms with Crippen LogP contribution in [-0.2, 0) is 6.42 Å². The van der Waals surface area contributed by atoms with Crippen molar-refractivity contribution < 1.29 is 9.47 Å². The third-order valence-corrected chi connectivity index (χ3v) is 4.26. The van der Waals surface area contributed by atoms with Gasteiger partial charge < -0.3 is 20.1 Å². The first-order valence-electron chi connectivity index (χ1n) is 9.13. The molecule has 0 aromatic heterocycles. The van der Waals surface area contributed by atoms with Crippen molar-refractivity contribution in [2.24, 2.45) is 0 Å². The van der Waals surface area contributed by atoms with Gasteiger partial charge in [-0.3, -0.25) is 0 Å². The first-order chi connectivity index (χ1) is 12.6. The molecule has 26 heavy (non-hydrogen) atoms. The molecule has 0 radical (unpaired) electrons. The smallest absolute Gasteiger partial charge is 0.171 e. The van der Waals surface area contributed by atoms with E-state index in [2.05, 4.69) is 36.6 Å². The van der Waals surface area contributed by atoms with Gasteiger partial charge >= 0.3 is 0 Å². The highest BCUT2D eigenvalue weighted by atomic mass is 32.1. The number of aryl methyl sites for hydroxylation is 1. The molecule has 0 aliphatic rings. The highest BCUT2D eigenvalue weighted by molar-refractivity contribution is 7.80. The van der Waals surface area contributed by atoms with E-state index in [4.69, 9.17) is 21.7 Å². The van der Waals surface area contributed by atoms with Crippen LogP contribution < -0.4 is 20.1 Å². The lowest BCUT2D eigenvalue weighted by molar-refractivity contribution is 0.287. The highest BCUT2D eigenvalue weighted by Crippen LogP contribution is 2.30. The fraction of sp³-hybridized carbons (Fsp3) is 0.381. The molecular weight excluding hydrogens is 344 g/mol. The van der Waals surface area contributed by atoms with Gasteiger partial charge in [0.2, 0.25) is 0 Å². The molecule has 0 saturated carbocycles. The number of rotatable bonds is 8. The van der Waals surface area contributed by atoms with Crippen LogP contribution in [0.1, 0.15) is 44.9 Å². The molecule has 0 heterocycles. The number of hydrogen-bond acceptors (Lipinski definition) is 3. The lowest BCUT2D eigenvalue weighted by Gasteiger charge is -2.19. The van der Waals surface area contributed by atoms with Gasteiger partial charge in [-0.05, 0) is 74.8 Å². The molecule has 0 saturated heterocycles. The number of anilines is 1. The Bertz CT molecular complexity index is 716. The Morgan fingerprint density at radius 3 is 2.23 bits per heavy atom. The van der Waals surface area contributed by atoms with Crippen molar-refractivity contribution in [3.8, 4) is 11.5 Å². The van der Waals surface area contributed by atoms with Crippen LogP contribution in [0.4, 0.5) is 5.69 Å². The summed E-state index contributed by atoms with van der Waals surface area (Å²) in [5.74, 6) is 1.52. The molecule has 2 N–H and O–H groups in total. The normalized spacial score (nSPS) is 11.5. The van der Waals surface area contributed by atoms with Crippen LogP contribution in [-0.4, -0.2) is 18.3 Å². The molecule has 2 aromatic carbocycles. The summed E-state index contributed by atoms with van der Waals surface area (Å²) in [4.78, 5) is 0. The van der Waals surface area contributed by atoms with Crippen molar-refractivity contribution in [3.63, 3.8) is 0 Å². The van der Waals surface area contributed by atoms with Crippen molar-refractivity contribution in [3.05, 3.63) is 53.6 Å². The van der Waals surface area contributed by atoms with Gasteiger partial charge in [0.15, 0.2) is 16.6 Å². The quantitative estimate of drug-likeness (QED) is 0.632. The summed E-state index contributed by atoms with van der Waals surface area (Å²) in [6.07, 6.45) is 1.03. The maximum absolute atomic E-state index is 5.70. The molecule has 0 bridgehead atoms. The number of thiocarbonyl (C=S) groups is 1. The van der Waals surface area contributed by atoms with Gasteiger partial charge in [0, 0.05) is 5.69 Å². The lowest BCUT2D eigenvalue weighted by Crippen LogP contribution is -2.30. The van der Waals surface area contributed by atoms with E-state index in [1.54, 1.807) is 0 Å². The summed E-state index contributed by atoms with van der Waals surface area (Å²) in [7, 11) is 0. The Kier molecular flexibility index (Phi) is 7.73. The van der Waals surface area contributed by atoms with E-state index in [9.17, 15) is 0 Å². The monoisotopic (exact) mass is 372 g/mol. The number of hydrogen-bond donors (Lipinski definition) is 2. The molecule has 0 aliphatic carbocycles. The third kappa shape index (κ3) is 5.63. The minimum absolute atomic E-state index is 0.0415. The van der Waals surface area contributed by atoms with Crippen molar-refractivity contribution in [2.45, 2.75) is 40.2 Å². The fourth-order valence-corrected chi connectivity index (χ4v) is 2.90. The average molecular weight is 373 g/mol. The van der Waals surface area contributed by atoms with Gasteiger partial charge in [0.05, 0.1) is 19.3 Å². The highest BCUT2D eigenvalue weighted by Gasteiger charge is 2.12. The average Bonchev–Trinajstić information content (AvgIpc) is 2.64. The second-order valence-corrected chi connectivity index (χ2v) is 6.35. The largest absolute Gasteiger partial charge is 0.490 e. The molecule has 0 unspecified atom stereocenters. The van der Waals surface area contributed by atoms with Gasteiger partial charge in [-0.2, -0.15) is 0 Å². The van der Waals surface area contributed by atoms with Gasteiger partial charge in [-0.25, -0.2) is 0 Å². The second-order valence-electron chi connectivity index (χ2n) is 5.94. The number of nitrogens with one attached hydrogen (secondary N) is 2. The number of ether oxygens (including phenoxy) is 2. The zero-order valence-electron chi connectivity index (χ0n) is 16.0. The summed E-state index contributed by atoms with van der Waals surface area (Å²) < 4.78 is 11.3. The Morgan fingerprint density at radius 1 is 0.962 bits per heavy atom. The topological polar surface area (TPSA) is 42.5 Å². The molecule has 1 atom stereocenters. The molecule has 0 fully saturated rings. The Labute approximate surface area is 161 Å². The standard InChI is InChI=1S/C21H28N2O2S/c1-5-16-8-11-18(12-9-16)23-21(26)22-15(4)17-10-13-19(24-6-2)20(14-17)25-7-3/h8-15H,5-7H2,1-4H3,(H2,22,23,26)/t15-/m0/s1. The van der Waals surface area contributed by atoms with E-state index in [0.29, 0.717) is 18.3 Å². The first kappa shape index (κ1) is 20.0. The van der Waals surface area contributed by atoms with Gasteiger partial charge in [-0.15, -0.1) is 0 Å².